The number of esters is 1. The number of ether oxygens (including phenoxy) is 4. The molecule has 118 valence electrons. The second-order valence-electron chi connectivity index (χ2n) is 5.20. The number of carbonyl (C=O) groups is 1. The van der Waals surface area contributed by atoms with Crippen LogP contribution in [0.2, 0.25) is 0 Å². The predicted molar refractivity (Wildman–Crippen MR) is 74.5 cm³/mol. The lowest BCUT2D eigenvalue weighted by atomic mass is 9.81. The van der Waals surface area contributed by atoms with Gasteiger partial charge in [0.05, 0.1) is 26.4 Å². The quantitative estimate of drug-likeness (QED) is 0.501. The van der Waals surface area contributed by atoms with Gasteiger partial charge < -0.3 is 24.7 Å². The third-order valence-electron chi connectivity index (χ3n) is 3.55. The van der Waals surface area contributed by atoms with Crippen molar-refractivity contribution in [3.63, 3.8) is 0 Å². The van der Waals surface area contributed by atoms with E-state index in [4.69, 9.17) is 24.7 Å². The summed E-state index contributed by atoms with van der Waals surface area (Å²) < 4.78 is 20.8. The second kappa shape index (κ2) is 9.28. The van der Waals surface area contributed by atoms with Crippen molar-refractivity contribution in [2.75, 3.05) is 40.6 Å². The lowest BCUT2D eigenvalue weighted by Gasteiger charge is -2.35. The molecule has 0 spiro atoms. The Hall–Kier alpha value is -0.690. The summed E-state index contributed by atoms with van der Waals surface area (Å²) in [5.74, 6) is -0.339. The van der Waals surface area contributed by atoms with Gasteiger partial charge in [-0.15, -0.1) is 0 Å². The molecule has 0 aromatic rings. The van der Waals surface area contributed by atoms with E-state index in [9.17, 15) is 4.79 Å². The zero-order chi connectivity index (χ0) is 14.8. The van der Waals surface area contributed by atoms with Gasteiger partial charge in [-0.05, 0) is 25.7 Å². The molecule has 1 fully saturated rings. The zero-order valence-electron chi connectivity index (χ0n) is 12.6. The van der Waals surface area contributed by atoms with Gasteiger partial charge in [-0.2, -0.15) is 0 Å². The molecular formula is C14H27NO5. The smallest absolute Gasteiger partial charge is 0.325 e. The van der Waals surface area contributed by atoms with Crippen LogP contribution in [0.4, 0.5) is 0 Å². The van der Waals surface area contributed by atoms with Crippen LogP contribution in [0.25, 0.3) is 0 Å². The van der Waals surface area contributed by atoms with Gasteiger partial charge in [0.2, 0.25) is 0 Å². The van der Waals surface area contributed by atoms with Crippen molar-refractivity contribution in [3.05, 3.63) is 0 Å². The Morgan fingerprint density at radius 3 is 2.75 bits per heavy atom. The highest BCUT2D eigenvalue weighted by Gasteiger charge is 2.40. The maximum atomic E-state index is 11.7. The first-order chi connectivity index (χ1) is 9.62. The lowest BCUT2D eigenvalue weighted by Crippen LogP contribution is -2.53. The fourth-order valence-corrected chi connectivity index (χ4v) is 2.44. The highest BCUT2D eigenvalue weighted by atomic mass is 16.5. The molecule has 1 aliphatic carbocycles. The molecule has 0 aromatic carbocycles. The summed E-state index contributed by atoms with van der Waals surface area (Å²) in [6, 6.07) is 0. The summed E-state index contributed by atoms with van der Waals surface area (Å²) in [4.78, 5) is 11.7. The van der Waals surface area contributed by atoms with Gasteiger partial charge in [-0.25, -0.2) is 0 Å². The fourth-order valence-electron chi connectivity index (χ4n) is 2.44. The molecule has 1 rings (SSSR count). The van der Waals surface area contributed by atoms with Crippen molar-refractivity contribution in [1.82, 2.24) is 0 Å². The van der Waals surface area contributed by atoms with E-state index >= 15 is 0 Å². The molecule has 0 amide bonds. The van der Waals surface area contributed by atoms with Crippen molar-refractivity contribution in [3.8, 4) is 0 Å². The Balaban J connectivity index is 2.16. The molecule has 0 bridgehead atoms. The van der Waals surface area contributed by atoms with E-state index in [-0.39, 0.29) is 12.1 Å². The lowest BCUT2D eigenvalue weighted by molar-refractivity contribution is -0.150. The van der Waals surface area contributed by atoms with Gasteiger partial charge in [0.1, 0.15) is 5.54 Å². The Morgan fingerprint density at radius 1 is 1.25 bits per heavy atom. The molecule has 2 unspecified atom stereocenters. The van der Waals surface area contributed by atoms with Crippen LogP contribution in [0, 0.1) is 0 Å². The third-order valence-corrected chi connectivity index (χ3v) is 3.55. The highest BCUT2D eigenvalue weighted by Crippen LogP contribution is 2.29. The first kappa shape index (κ1) is 17.4. The molecule has 0 aliphatic heterocycles. The monoisotopic (exact) mass is 289 g/mol. The standard InChI is InChI=1S/C14H27NO5/c1-17-9-10-19-7-4-8-20-12-5-3-6-14(15,11-12)13(16)18-2/h12H,3-11,15H2,1-2H3. The number of rotatable bonds is 9. The summed E-state index contributed by atoms with van der Waals surface area (Å²) in [6.07, 6.45) is 3.90. The van der Waals surface area contributed by atoms with Gasteiger partial charge in [0.25, 0.3) is 0 Å². The maximum absolute atomic E-state index is 11.7. The SMILES string of the molecule is COCCOCCCOC1CCCC(N)(C(=O)OC)C1. The van der Waals surface area contributed by atoms with Gasteiger partial charge in [-0.3, -0.25) is 4.79 Å². The summed E-state index contributed by atoms with van der Waals surface area (Å²) in [6.45, 7) is 2.49. The number of hydrogen-bond donors (Lipinski definition) is 1. The molecule has 0 saturated heterocycles. The number of nitrogens with two attached hydrogens (primary N) is 1. The number of methoxy groups -OCH3 is 2. The summed E-state index contributed by atoms with van der Waals surface area (Å²) in [7, 11) is 3.02. The molecule has 6 heteroatoms. The van der Waals surface area contributed by atoms with Crippen LogP contribution in [-0.4, -0.2) is 58.3 Å². The maximum Gasteiger partial charge on any atom is 0.325 e. The minimum absolute atomic E-state index is 0.0341. The Kier molecular flexibility index (Phi) is 8.06. The van der Waals surface area contributed by atoms with Gasteiger partial charge in [0, 0.05) is 26.7 Å². The van der Waals surface area contributed by atoms with Crippen molar-refractivity contribution < 1.29 is 23.7 Å². The molecule has 2 N–H and O–H groups in total. The molecule has 1 saturated carbocycles. The van der Waals surface area contributed by atoms with E-state index in [2.05, 4.69) is 0 Å². The van der Waals surface area contributed by atoms with Gasteiger partial charge >= 0.3 is 5.97 Å². The third kappa shape index (κ3) is 5.75. The normalized spacial score (nSPS) is 26.4. The van der Waals surface area contributed by atoms with Crippen LogP contribution in [0.5, 0.6) is 0 Å². The Labute approximate surface area is 120 Å². The summed E-state index contributed by atoms with van der Waals surface area (Å²) >= 11 is 0. The van der Waals surface area contributed by atoms with Crippen LogP contribution < -0.4 is 5.73 Å². The predicted octanol–water partition coefficient (Wildman–Crippen LogP) is 0.869. The van der Waals surface area contributed by atoms with E-state index < -0.39 is 5.54 Å². The minimum atomic E-state index is -0.882. The van der Waals surface area contributed by atoms with Crippen LogP contribution in [-0.2, 0) is 23.7 Å². The summed E-state index contributed by atoms with van der Waals surface area (Å²) in [5, 5.41) is 0. The van der Waals surface area contributed by atoms with E-state index in [1.165, 1.54) is 7.11 Å². The van der Waals surface area contributed by atoms with Crippen molar-refractivity contribution in [2.24, 2.45) is 5.73 Å². The molecule has 20 heavy (non-hydrogen) atoms. The van der Waals surface area contributed by atoms with Crippen molar-refractivity contribution >= 4 is 5.97 Å². The molecule has 2 atom stereocenters. The van der Waals surface area contributed by atoms with E-state index in [0.717, 1.165) is 19.3 Å². The zero-order valence-corrected chi connectivity index (χ0v) is 12.6. The Bertz CT molecular complexity index is 287. The van der Waals surface area contributed by atoms with Crippen molar-refractivity contribution in [2.45, 2.75) is 43.7 Å². The highest BCUT2D eigenvalue weighted by molar-refractivity contribution is 5.80. The average Bonchev–Trinajstić information content (AvgIpc) is 2.45. The largest absolute Gasteiger partial charge is 0.468 e. The van der Waals surface area contributed by atoms with Gasteiger partial charge in [0.15, 0.2) is 0 Å². The van der Waals surface area contributed by atoms with Crippen LogP contribution in [0.3, 0.4) is 0 Å². The number of hydrogen-bond acceptors (Lipinski definition) is 6. The summed E-state index contributed by atoms with van der Waals surface area (Å²) in [5.41, 5.74) is 5.21. The second-order valence-corrected chi connectivity index (χ2v) is 5.20. The minimum Gasteiger partial charge on any atom is -0.468 e. The Morgan fingerprint density at radius 2 is 2.05 bits per heavy atom. The van der Waals surface area contributed by atoms with E-state index in [0.29, 0.717) is 39.3 Å². The first-order valence-corrected chi connectivity index (χ1v) is 7.18. The fraction of sp³-hybridized carbons (Fsp3) is 0.929. The molecule has 6 nitrogen and oxygen atoms in total. The average molecular weight is 289 g/mol. The number of carbonyl (C=O) groups excluding carboxylic acids is 1. The van der Waals surface area contributed by atoms with Crippen LogP contribution in [0.15, 0.2) is 0 Å². The molecule has 1 aliphatic rings. The van der Waals surface area contributed by atoms with E-state index in [1.807, 2.05) is 0 Å². The van der Waals surface area contributed by atoms with Crippen LogP contribution in [0.1, 0.15) is 32.1 Å². The molecule has 0 radical (unpaired) electrons. The van der Waals surface area contributed by atoms with Crippen molar-refractivity contribution in [1.29, 1.82) is 0 Å². The first-order valence-electron chi connectivity index (χ1n) is 7.18. The van der Waals surface area contributed by atoms with Crippen LogP contribution >= 0.6 is 0 Å². The van der Waals surface area contributed by atoms with Gasteiger partial charge in [-0.1, -0.05) is 0 Å². The molecular weight excluding hydrogens is 262 g/mol. The molecule has 0 aromatic heterocycles. The topological polar surface area (TPSA) is 80.0 Å². The van der Waals surface area contributed by atoms with E-state index in [1.54, 1.807) is 7.11 Å². The molecule has 0 heterocycles.